The molecule has 1 heterocycles. The van der Waals surface area contributed by atoms with E-state index in [-0.39, 0.29) is 11.3 Å². The zero-order chi connectivity index (χ0) is 25.8. The summed E-state index contributed by atoms with van der Waals surface area (Å²) in [5.41, 5.74) is 7.63. The summed E-state index contributed by atoms with van der Waals surface area (Å²) in [6.45, 7) is 0. The third-order valence-corrected chi connectivity index (χ3v) is 5.93. The average molecular weight is 510 g/mol. The molecule has 1 aromatic heterocycles. The molecule has 1 unspecified atom stereocenters. The van der Waals surface area contributed by atoms with Crippen LogP contribution in [0.1, 0.15) is 34.0 Å². The Morgan fingerprint density at radius 1 is 1.11 bits per heavy atom. The molecule has 1 atom stereocenters. The molecule has 1 aliphatic carbocycles. The molecule has 0 saturated carbocycles. The Morgan fingerprint density at radius 2 is 1.86 bits per heavy atom. The van der Waals surface area contributed by atoms with E-state index in [4.69, 9.17) is 11.6 Å². The van der Waals surface area contributed by atoms with E-state index in [0.717, 1.165) is 5.56 Å². The number of rotatable bonds is 5. The summed E-state index contributed by atoms with van der Waals surface area (Å²) < 4.78 is 4.50. The number of halogens is 1. The summed E-state index contributed by atoms with van der Waals surface area (Å²) in [7, 11) is 1.24. The summed E-state index contributed by atoms with van der Waals surface area (Å²) in [5.74, 6) is -1.56. The molecule has 2 aromatic carbocycles. The van der Waals surface area contributed by atoms with Crippen molar-refractivity contribution in [3.8, 4) is 11.1 Å². The highest BCUT2D eigenvalue weighted by atomic mass is 35.5. The average Bonchev–Trinajstić information content (AvgIpc) is 3.30. The number of carbonyl (C=O) groups excluding carboxylic acids is 3. The molecule has 0 saturated heterocycles. The first-order valence-electron chi connectivity index (χ1n) is 10.7. The normalized spacial score (nSPS) is 13.9. The van der Waals surface area contributed by atoms with Gasteiger partial charge in [-0.3, -0.25) is 40.9 Å². The van der Waals surface area contributed by atoms with Crippen molar-refractivity contribution in [2.45, 2.75) is 18.8 Å². The fraction of sp³-hybridized carbons (Fsp3) is 0.167. The number of hydrazine groups is 1. The lowest BCUT2D eigenvalue weighted by molar-refractivity contribution is -0.384. The first kappa shape index (κ1) is 24.6. The molecule has 36 heavy (non-hydrogen) atoms. The predicted molar refractivity (Wildman–Crippen MR) is 130 cm³/mol. The molecular weight excluding hydrogens is 490 g/mol. The van der Waals surface area contributed by atoms with Crippen LogP contribution in [0.25, 0.3) is 11.1 Å². The molecule has 4 rings (SSSR count). The van der Waals surface area contributed by atoms with Gasteiger partial charge in [0.05, 0.1) is 29.2 Å². The number of methoxy groups -OCH3 is 1. The molecule has 0 fully saturated rings. The molecule has 3 N–H and O–H groups in total. The van der Waals surface area contributed by atoms with Crippen LogP contribution < -0.4 is 16.2 Å². The first-order valence-corrected chi connectivity index (χ1v) is 11.1. The summed E-state index contributed by atoms with van der Waals surface area (Å²) >= 11 is 6.04. The van der Waals surface area contributed by atoms with Gasteiger partial charge < -0.3 is 4.74 Å². The van der Waals surface area contributed by atoms with E-state index in [1.807, 2.05) is 0 Å². The second kappa shape index (κ2) is 10.4. The van der Waals surface area contributed by atoms with Gasteiger partial charge in [0.2, 0.25) is 5.91 Å². The Labute approximate surface area is 209 Å². The van der Waals surface area contributed by atoms with Gasteiger partial charge in [0.25, 0.3) is 11.6 Å². The van der Waals surface area contributed by atoms with Gasteiger partial charge >= 0.3 is 6.09 Å². The largest absolute Gasteiger partial charge is 0.453 e. The lowest BCUT2D eigenvalue weighted by Crippen LogP contribution is -2.43. The number of ether oxygens (including phenoxy) is 1. The minimum absolute atomic E-state index is 0.0923. The number of aryl methyl sites for hydroxylation is 1. The Morgan fingerprint density at radius 3 is 2.56 bits per heavy atom. The molecule has 11 nitrogen and oxygen atoms in total. The van der Waals surface area contributed by atoms with Gasteiger partial charge in [-0.05, 0) is 60.9 Å². The van der Waals surface area contributed by atoms with Crippen LogP contribution in [0, 0.1) is 10.1 Å². The number of fused-ring (bicyclic) bond motifs is 1. The quantitative estimate of drug-likeness (QED) is 0.347. The van der Waals surface area contributed by atoms with Gasteiger partial charge in [-0.2, -0.15) is 0 Å². The molecule has 3 amide bonds. The van der Waals surface area contributed by atoms with E-state index in [1.54, 1.807) is 6.07 Å². The van der Waals surface area contributed by atoms with Crippen molar-refractivity contribution in [2.75, 3.05) is 12.4 Å². The predicted octanol–water partition coefficient (Wildman–Crippen LogP) is 3.98. The Balaban J connectivity index is 1.42. The van der Waals surface area contributed by atoms with Crippen LogP contribution in [0.2, 0.25) is 5.02 Å². The molecule has 184 valence electrons. The highest BCUT2D eigenvalue weighted by Gasteiger charge is 2.31. The second-order valence-electron chi connectivity index (χ2n) is 7.92. The maximum atomic E-state index is 12.8. The van der Waals surface area contributed by atoms with Crippen molar-refractivity contribution < 1.29 is 24.0 Å². The summed E-state index contributed by atoms with van der Waals surface area (Å²) in [4.78, 5) is 51.7. The molecule has 0 radical (unpaired) electrons. The number of nitrogens with zero attached hydrogens (tertiary/aromatic N) is 2. The first-order chi connectivity index (χ1) is 17.3. The minimum Gasteiger partial charge on any atom is -0.453 e. The van der Waals surface area contributed by atoms with Gasteiger partial charge in [0.1, 0.15) is 0 Å². The van der Waals surface area contributed by atoms with Crippen LogP contribution in [0.15, 0.2) is 54.7 Å². The van der Waals surface area contributed by atoms with Gasteiger partial charge in [-0.15, -0.1) is 0 Å². The number of carbonyl (C=O) groups is 3. The fourth-order valence-corrected chi connectivity index (χ4v) is 4.10. The number of anilines is 1. The number of amides is 3. The number of hydrogen-bond acceptors (Lipinski definition) is 7. The van der Waals surface area contributed by atoms with E-state index < -0.39 is 28.7 Å². The molecule has 3 aromatic rings. The van der Waals surface area contributed by atoms with Gasteiger partial charge in [0.15, 0.2) is 0 Å². The summed E-state index contributed by atoms with van der Waals surface area (Å²) in [6, 6.07) is 12.1. The van der Waals surface area contributed by atoms with Crippen LogP contribution in [-0.4, -0.2) is 34.9 Å². The molecular formula is C24H20ClN5O6. The smallest absolute Gasteiger partial charge is 0.411 e. The highest BCUT2D eigenvalue weighted by molar-refractivity contribution is 6.31. The van der Waals surface area contributed by atoms with Crippen molar-refractivity contribution in [3.63, 3.8) is 0 Å². The zero-order valence-corrected chi connectivity index (χ0v) is 19.7. The van der Waals surface area contributed by atoms with Crippen molar-refractivity contribution in [3.05, 3.63) is 86.7 Å². The van der Waals surface area contributed by atoms with Gasteiger partial charge in [-0.1, -0.05) is 11.6 Å². The number of nitro groups is 1. The number of nitrogens with one attached hydrogen (secondary N) is 3. The third kappa shape index (κ3) is 5.26. The fourth-order valence-electron chi connectivity index (χ4n) is 3.92. The van der Waals surface area contributed by atoms with Crippen molar-refractivity contribution in [1.82, 2.24) is 15.8 Å². The van der Waals surface area contributed by atoms with E-state index in [0.29, 0.717) is 40.4 Å². The van der Waals surface area contributed by atoms with Crippen molar-refractivity contribution >= 4 is 40.9 Å². The Kier molecular flexibility index (Phi) is 7.11. The maximum absolute atomic E-state index is 12.8. The number of aromatic nitrogens is 1. The number of hydrogen-bond donors (Lipinski definition) is 3. The third-order valence-electron chi connectivity index (χ3n) is 5.69. The number of benzene rings is 2. The molecule has 1 aliphatic rings. The lowest BCUT2D eigenvalue weighted by Gasteiger charge is -2.13. The monoisotopic (exact) mass is 509 g/mol. The maximum Gasteiger partial charge on any atom is 0.411 e. The van der Waals surface area contributed by atoms with E-state index in [1.165, 1.54) is 55.8 Å². The number of nitro benzene ring substituents is 1. The molecule has 0 aliphatic heterocycles. The zero-order valence-electron chi connectivity index (χ0n) is 18.9. The van der Waals surface area contributed by atoms with Gasteiger partial charge in [-0.25, -0.2) is 4.79 Å². The van der Waals surface area contributed by atoms with E-state index >= 15 is 0 Å². The highest BCUT2D eigenvalue weighted by Crippen LogP contribution is 2.37. The van der Waals surface area contributed by atoms with Crippen LogP contribution in [0.5, 0.6) is 0 Å². The molecule has 0 bridgehead atoms. The minimum atomic E-state index is -0.636. The summed E-state index contributed by atoms with van der Waals surface area (Å²) in [6.07, 6.45) is 1.86. The number of pyridine rings is 1. The van der Waals surface area contributed by atoms with Crippen LogP contribution in [0.3, 0.4) is 0 Å². The van der Waals surface area contributed by atoms with Crippen LogP contribution in [0.4, 0.5) is 16.2 Å². The van der Waals surface area contributed by atoms with E-state index in [9.17, 15) is 24.5 Å². The van der Waals surface area contributed by atoms with Gasteiger partial charge in [0, 0.05) is 34.1 Å². The van der Waals surface area contributed by atoms with E-state index in [2.05, 4.69) is 25.9 Å². The topological polar surface area (TPSA) is 153 Å². The van der Waals surface area contributed by atoms with Crippen molar-refractivity contribution in [2.24, 2.45) is 0 Å². The molecule has 12 heteroatoms. The van der Waals surface area contributed by atoms with Crippen molar-refractivity contribution in [1.29, 1.82) is 0 Å². The molecule has 0 spiro atoms. The van der Waals surface area contributed by atoms with Crippen LogP contribution >= 0.6 is 11.6 Å². The SMILES string of the molecule is COC(=O)Nc1ccc(C(=O)NNC(=O)C2CCc3cc(-c4cc(Cl)ccc4[N+](=O)[O-])cnc32)cc1. The Hall–Kier alpha value is -4.51. The lowest BCUT2D eigenvalue weighted by atomic mass is 10.0. The summed E-state index contributed by atoms with van der Waals surface area (Å²) in [5, 5.41) is 14.2. The standard InChI is InChI=1S/C24H20ClN5O6/c1-36-24(33)27-17-6-2-13(3-7-17)22(31)28-29-23(32)18-8-4-14-10-15(12-26-21(14)18)19-11-16(25)5-9-20(19)30(34)35/h2-3,5-7,9-12,18H,4,8H2,1H3,(H,27,33)(H,28,31)(H,29,32). The second-order valence-corrected chi connectivity index (χ2v) is 8.35. The van der Waals surface area contributed by atoms with Crippen LogP contribution in [-0.2, 0) is 16.0 Å². The Bertz CT molecular complexity index is 1360.